The predicted octanol–water partition coefficient (Wildman–Crippen LogP) is 2.95. The molecule has 3 heteroatoms. The van der Waals surface area contributed by atoms with E-state index in [0.717, 1.165) is 12.1 Å². The van der Waals surface area contributed by atoms with Crippen molar-refractivity contribution in [3.8, 4) is 0 Å². The van der Waals surface area contributed by atoms with Gasteiger partial charge in [0.2, 0.25) is 11.8 Å². The molecular formula is C19H19NO2. The molecule has 2 amide bonds. The minimum absolute atomic E-state index is 0.0300. The molecule has 112 valence electrons. The van der Waals surface area contributed by atoms with Crippen LogP contribution in [0.4, 0.5) is 5.69 Å². The maximum atomic E-state index is 12.9. The molecule has 0 unspecified atom stereocenters. The highest BCUT2D eigenvalue weighted by Crippen LogP contribution is 2.73. The van der Waals surface area contributed by atoms with Gasteiger partial charge in [-0.1, -0.05) is 31.2 Å². The van der Waals surface area contributed by atoms with Crippen LogP contribution in [0.2, 0.25) is 0 Å². The van der Waals surface area contributed by atoms with E-state index >= 15 is 0 Å². The van der Waals surface area contributed by atoms with Crippen LogP contribution in [0.1, 0.15) is 25.3 Å². The number of anilines is 1. The summed E-state index contributed by atoms with van der Waals surface area (Å²) in [6, 6.07) is 7.86. The van der Waals surface area contributed by atoms with Crippen molar-refractivity contribution >= 4 is 17.5 Å². The van der Waals surface area contributed by atoms with E-state index < -0.39 is 0 Å². The van der Waals surface area contributed by atoms with E-state index in [1.807, 2.05) is 24.3 Å². The second-order valence-corrected chi connectivity index (χ2v) is 7.25. The van der Waals surface area contributed by atoms with Crippen LogP contribution in [-0.2, 0) is 16.0 Å². The molecular weight excluding hydrogens is 274 g/mol. The van der Waals surface area contributed by atoms with Gasteiger partial charge in [0.25, 0.3) is 0 Å². The fourth-order valence-corrected chi connectivity index (χ4v) is 5.21. The molecule has 0 radical (unpaired) electrons. The molecule has 4 aliphatic rings. The summed E-state index contributed by atoms with van der Waals surface area (Å²) < 4.78 is 0. The van der Waals surface area contributed by atoms with Crippen molar-refractivity contribution < 1.29 is 9.59 Å². The Morgan fingerprint density at radius 1 is 1.00 bits per heavy atom. The Morgan fingerprint density at radius 2 is 1.55 bits per heavy atom. The molecule has 5 rings (SSSR count). The van der Waals surface area contributed by atoms with Gasteiger partial charge in [-0.3, -0.25) is 14.5 Å². The number of fused-ring (bicyclic) bond motifs is 3. The fraction of sp³-hybridized carbons (Fsp3) is 0.474. The van der Waals surface area contributed by atoms with Gasteiger partial charge in [0, 0.05) is 0 Å². The number of aryl methyl sites for hydroxylation is 1. The lowest BCUT2D eigenvalue weighted by molar-refractivity contribution is -0.123. The molecule has 22 heavy (non-hydrogen) atoms. The third-order valence-corrected chi connectivity index (χ3v) is 6.46. The smallest absolute Gasteiger partial charge is 0.238 e. The molecule has 2 bridgehead atoms. The molecule has 1 aromatic rings. The average molecular weight is 293 g/mol. The molecule has 1 heterocycles. The number of rotatable bonds is 2. The maximum absolute atomic E-state index is 12.9. The van der Waals surface area contributed by atoms with E-state index in [2.05, 4.69) is 19.1 Å². The second kappa shape index (κ2) is 3.89. The minimum atomic E-state index is -0.101. The van der Waals surface area contributed by atoms with E-state index in [-0.39, 0.29) is 29.1 Å². The molecule has 1 saturated heterocycles. The summed E-state index contributed by atoms with van der Waals surface area (Å²) in [7, 11) is 0. The first-order chi connectivity index (χ1) is 10.7. The van der Waals surface area contributed by atoms with Gasteiger partial charge in [0.1, 0.15) is 0 Å². The summed E-state index contributed by atoms with van der Waals surface area (Å²) in [5.74, 6) is 0.467. The normalized spacial score (nSPS) is 36.5. The Balaban J connectivity index is 1.53. The van der Waals surface area contributed by atoms with E-state index in [9.17, 15) is 9.59 Å². The number of imide groups is 1. The third-order valence-electron chi connectivity index (χ3n) is 6.46. The molecule has 1 spiro atoms. The van der Waals surface area contributed by atoms with Crippen molar-refractivity contribution in [2.45, 2.75) is 26.2 Å². The first kappa shape index (κ1) is 12.6. The lowest BCUT2D eigenvalue weighted by Crippen LogP contribution is -2.34. The van der Waals surface area contributed by atoms with Crippen molar-refractivity contribution in [1.29, 1.82) is 0 Å². The molecule has 1 aromatic carbocycles. The molecule has 1 aliphatic heterocycles. The Labute approximate surface area is 130 Å². The molecule has 4 atom stereocenters. The highest BCUT2D eigenvalue weighted by Gasteiger charge is 2.73. The molecule has 0 aromatic heterocycles. The van der Waals surface area contributed by atoms with Gasteiger partial charge < -0.3 is 0 Å². The molecule has 3 nitrogen and oxygen atoms in total. The zero-order valence-corrected chi connectivity index (χ0v) is 12.7. The Morgan fingerprint density at radius 3 is 2.00 bits per heavy atom. The van der Waals surface area contributed by atoms with Crippen molar-refractivity contribution in [3.05, 3.63) is 42.0 Å². The van der Waals surface area contributed by atoms with Crippen molar-refractivity contribution in [2.75, 3.05) is 4.90 Å². The summed E-state index contributed by atoms with van der Waals surface area (Å²) in [6.07, 6.45) is 7.77. The number of benzene rings is 1. The van der Waals surface area contributed by atoms with Crippen LogP contribution < -0.4 is 4.90 Å². The number of hydrogen-bond acceptors (Lipinski definition) is 2. The van der Waals surface area contributed by atoms with Gasteiger partial charge in [0.15, 0.2) is 0 Å². The Bertz CT molecular complexity index is 679. The van der Waals surface area contributed by atoms with Crippen LogP contribution >= 0.6 is 0 Å². The first-order valence-electron chi connectivity index (χ1n) is 8.32. The Kier molecular flexibility index (Phi) is 2.23. The van der Waals surface area contributed by atoms with Gasteiger partial charge >= 0.3 is 0 Å². The van der Waals surface area contributed by atoms with Crippen molar-refractivity contribution in [1.82, 2.24) is 0 Å². The summed E-state index contributed by atoms with van der Waals surface area (Å²) in [5, 5.41) is 0. The number of carbonyl (C=O) groups excluding carboxylic acids is 2. The Hall–Kier alpha value is -1.90. The average Bonchev–Trinajstić information content (AvgIpc) is 3.13. The van der Waals surface area contributed by atoms with Gasteiger partial charge in [-0.2, -0.15) is 0 Å². The number of allylic oxidation sites excluding steroid dienone is 2. The van der Waals surface area contributed by atoms with Crippen LogP contribution in [0, 0.1) is 29.1 Å². The van der Waals surface area contributed by atoms with Crippen LogP contribution in [0.5, 0.6) is 0 Å². The highest BCUT2D eigenvalue weighted by molar-refractivity contribution is 6.23. The van der Waals surface area contributed by atoms with Gasteiger partial charge in [-0.05, 0) is 54.2 Å². The zero-order valence-electron chi connectivity index (χ0n) is 12.7. The summed E-state index contributed by atoms with van der Waals surface area (Å²) in [6.45, 7) is 2.10. The first-order valence-corrected chi connectivity index (χ1v) is 8.32. The number of amides is 2. The summed E-state index contributed by atoms with van der Waals surface area (Å²) in [4.78, 5) is 27.3. The van der Waals surface area contributed by atoms with Crippen LogP contribution in [-0.4, -0.2) is 11.8 Å². The van der Waals surface area contributed by atoms with Crippen LogP contribution in [0.3, 0.4) is 0 Å². The van der Waals surface area contributed by atoms with E-state index in [1.165, 1.54) is 23.3 Å². The largest absolute Gasteiger partial charge is 0.274 e. The third kappa shape index (κ3) is 1.29. The lowest BCUT2D eigenvalue weighted by atomic mass is 9.85. The summed E-state index contributed by atoms with van der Waals surface area (Å²) >= 11 is 0. The minimum Gasteiger partial charge on any atom is -0.274 e. The van der Waals surface area contributed by atoms with Crippen LogP contribution in [0.25, 0.3) is 0 Å². The van der Waals surface area contributed by atoms with Crippen molar-refractivity contribution in [2.24, 2.45) is 29.1 Å². The predicted molar refractivity (Wildman–Crippen MR) is 83.1 cm³/mol. The van der Waals surface area contributed by atoms with E-state index in [4.69, 9.17) is 0 Å². The second-order valence-electron chi connectivity index (χ2n) is 7.25. The molecule has 3 aliphatic carbocycles. The van der Waals surface area contributed by atoms with Crippen molar-refractivity contribution in [3.63, 3.8) is 0 Å². The van der Waals surface area contributed by atoms with E-state index in [0.29, 0.717) is 11.8 Å². The molecule has 0 N–H and O–H groups in total. The van der Waals surface area contributed by atoms with Crippen LogP contribution in [0.15, 0.2) is 36.4 Å². The highest BCUT2D eigenvalue weighted by atomic mass is 16.2. The standard InChI is InChI=1S/C19H19NO2/c1-2-11-3-5-12(6-4-11)20-17(21)15-13-7-8-14(16(15)18(20)22)19(13)9-10-19/h3-8,13-16H,2,9-10H2,1H3/t13-,14-,15+,16+/m1/s1. The lowest BCUT2D eigenvalue weighted by Gasteiger charge is -2.21. The quantitative estimate of drug-likeness (QED) is 0.621. The zero-order chi connectivity index (χ0) is 15.1. The topological polar surface area (TPSA) is 37.4 Å². The summed E-state index contributed by atoms with van der Waals surface area (Å²) in [5.41, 5.74) is 2.24. The van der Waals surface area contributed by atoms with Gasteiger partial charge in [0.05, 0.1) is 17.5 Å². The molecule has 3 fully saturated rings. The SMILES string of the molecule is CCc1ccc(N2C(=O)[C@@H]3[C@@H](C2=O)[C@H]2C=C[C@H]3C23CC3)cc1. The van der Waals surface area contributed by atoms with E-state index in [1.54, 1.807) is 0 Å². The maximum Gasteiger partial charge on any atom is 0.238 e. The fourth-order valence-electron chi connectivity index (χ4n) is 5.21. The van der Waals surface area contributed by atoms with Gasteiger partial charge in [-0.15, -0.1) is 0 Å². The monoisotopic (exact) mass is 293 g/mol. The number of nitrogens with zero attached hydrogens (tertiary/aromatic N) is 1. The molecule has 2 saturated carbocycles. The number of carbonyl (C=O) groups is 2. The number of hydrogen-bond donors (Lipinski definition) is 0. The van der Waals surface area contributed by atoms with Gasteiger partial charge in [-0.25, -0.2) is 0 Å².